The minimum atomic E-state index is 0.0864. The summed E-state index contributed by atoms with van der Waals surface area (Å²) in [7, 11) is 0. The molecule has 1 aromatic carbocycles. The second-order valence-electron chi connectivity index (χ2n) is 5.88. The average molecular weight is 296 g/mol. The number of amides is 1. The van der Waals surface area contributed by atoms with Gasteiger partial charge in [0.1, 0.15) is 0 Å². The van der Waals surface area contributed by atoms with Gasteiger partial charge in [-0.3, -0.25) is 4.79 Å². The molecule has 0 aromatic heterocycles. The normalized spacial score (nSPS) is 21.0. The molecule has 0 aliphatic heterocycles. The number of halogens is 1. The lowest BCUT2D eigenvalue weighted by molar-refractivity contribution is -0.118. The van der Waals surface area contributed by atoms with Crippen LogP contribution in [0.4, 0.5) is 5.69 Å². The molecule has 3 heteroatoms. The standard InChI is InChI=1S/C14H18BrNO/c1-13(2)11(14(13,3)4)12(17)16-10-7-5-6-9(15)8-10/h5-8,11H,1-4H3,(H,16,17). The molecule has 92 valence electrons. The van der Waals surface area contributed by atoms with E-state index < -0.39 is 0 Å². The van der Waals surface area contributed by atoms with Crippen molar-refractivity contribution < 1.29 is 4.79 Å². The first kappa shape index (κ1) is 12.6. The van der Waals surface area contributed by atoms with Crippen LogP contribution < -0.4 is 5.32 Å². The van der Waals surface area contributed by atoms with Crippen LogP contribution >= 0.6 is 15.9 Å². The second kappa shape index (κ2) is 3.84. The lowest BCUT2D eigenvalue weighted by Gasteiger charge is -2.06. The number of carbonyl (C=O) groups is 1. The van der Waals surface area contributed by atoms with Crippen molar-refractivity contribution >= 4 is 27.5 Å². The molecule has 2 nitrogen and oxygen atoms in total. The van der Waals surface area contributed by atoms with Crippen molar-refractivity contribution in [1.29, 1.82) is 0 Å². The van der Waals surface area contributed by atoms with Crippen LogP contribution in [0.2, 0.25) is 0 Å². The highest BCUT2D eigenvalue weighted by Crippen LogP contribution is 2.68. The van der Waals surface area contributed by atoms with Crippen LogP contribution in [0.1, 0.15) is 27.7 Å². The summed E-state index contributed by atoms with van der Waals surface area (Å²) in [5.74, 6) is 0.215. The summed E-state index contributed by atoms with van der Waals surface area (Å²) >= 11 is 3.40. The molecule has 0 heterocycles. The first-order chi connectivity index (χ1) is 7.76. The molecule has 0 bridgehead atoms. The van der Waals surface area contributed by atoms with Gasteiger partial charge in [0.15, 0.2) is 0 Å². The number of anilines is 1. The molecule has 1 N–H and O–H groups in total. The molecule has 0 spiro atoms. The Morgan fingerprint density at radius 3 is 2.29 bits per heavy atom. The molecule has 1 aliphatic rings. The lowest BCUT2D eigenvalue weighted by Crippen LogP contribution is -2.17. The number of hydrogen-bond donors (Lipinski definition) is 1. The Kier molecular flexibility index (Phi) is 2.85. The van der Waals surface area contributed by atoms with Crippen molar-refractivity contribution in [2.75, 3.05) is 5.32 Å². The molecule has 2 rings (SSSR count). The van der Waals surface area contributed by atoms with Gasteiger partial charge in [0.2, 0.25) is 5.91 Å². The van der Waals surface area contributed by atoms with Gasteiger partial charge in [-0.15, -0.1) is 0 Å². The van der Waals surface area contributed by atoms with Gasteiger partial charge in [-0.1, -0.05) is 49.7 Å². The van der Waals surface area contributed by atoms with Crippen LogP contribution in [-0.4, -0.2) is 5.91 Å². The highest BCUT2D eigenvalue weighted by molar-refractivity contribution is 9.10. The Labute approximate surface area is 111 Å². The molecule has 0 unspecified atom stereocenters. The van der Waals surface area contributed by atoms with E-state index in [1.807, 2.05) is 24.3 Å². The largest absolute Gasteiger partial charge is 0.326 e. The second-order valence-corrected chi connectivity index (χ2v) is 6.79. The zero-order chi connectivity index (χ0) is 12.8. The zero-order valence-corrected chi connectivity index (χ0v) is 12.3. The molecular weight excluding hydrogens is 278 g/mol. The van der Waals surface area contributed by atoms with E-state index >= 15 is 0 Å². The minimum absolute atomic E-state index is 0.0864. The summed E-state index contributed by atoms with van der Waals surface area (Å²) in [5, 5.41) is 2.99. The van der Waals surface area contributed by atoms with Crippen LogP contribution in [0.5, 0.6) is 0 Å². The van der Waals surface area contributed by atoms with Crippen molar-refractivity contribution in [2.45, 2.75) is 27.7 Å². The van der Waals surface area contributed by atoms with Gasteiger partial charge in [0.05, 0.1) is 0 Å². The predicted octanol–water partition coefficient (Wildman–Crippen LogP) is 4.07. The average Bonchev–Trinajstić information content (AvgIpc) is 2.56. The third-order valence-electron chi connectivity index (χ3n) is 4.38. The summed E-state index contributed by atoms with van der Waals surface area (Å²) in [6.45, 7) is 8.60. The first-order valence-corrected chi connectivity index (χ1v) is 6.62. The van der Waals surface area contributed by atoms with E-state index in [9.17, 15) is 4.79 Å². The van der Waals surface area contributed by atoms with E-state index in [4.69, 9.17) is 0 Å². The Bertz CT molecular complexity index is 451. The van der Waals surface area contributed by atoms with Gasteiger partial charge >= 0.3 is 0 Å². The van der Waals surface area contributed by atoms with Gasteiger partial charge in [-0.2, -0.15) is 0 Å². The topological polar surface area (TPSA) is 29.1 Å². The number of rotatable bonds is 2. The molecule has 1 saturated carbocycles. The summed E-state index contributed by atoms with van der Waals surface area (Å²) in [6.07, 6.45) is 0. The van der Waals surface area contributed by atoms with E-state index in [1.54, 1.807) is 0 Å². The summed E-state index contributed by atoms with van der Waals surface area (Å²) in [4.78, 5) is 12.2. The number of benzene rings is 1. The third kappa shape index (κ3) is 2.01. The van der Waals surface area contributed by atoms with Crippen molar-refractivity contribution in [3.8, 4) is 0 Å². The van der Waals surface area contributed by atoms with Crippen LogP contribution in [0.25, 0.3) is 0 Å². The highest BCUT2D eigenvalue weighted by atomic mass is 79.9. The van der Waals surface area contributed by atoms with E-state index in [0.29, 0.717) is 0 Å². The molecular formula is C14H18BrNO. The SMILES string of the molecule is CC1(C)C(C(=O)Nc2cccc(Br)c2)C1(C)C. The fraction of sp³-hybridized carbons (Fsp3) is 0.500. The first-order valence-electron chi connectivity index (χ1n) is 5.83. The maximum absolute atomic E-state index is 12.2. The van der Waals surface area contributed by atoms with Crippen molar-refractivity contribution in [3.05, 3.63) is 28.7 Å². The van der Waals surface area contributed by atoms with Crippen molar-refractivity contribution in [2.24, 2.45) is 16.7 Å². The summed E-state index contributed by atoms with van der Waals surface area (Å²) < 4.78 is 0.976. The van der Waals surface area contributed by atoms with E-state index in [1.165, 1.54) is 0 Å². The fourth-order valence-electron chi connectivity index (χ4n) is 2.63. The summed E-state index contributed by atoms with van der Waals surface area (Å²) in [5.41, 5.74) is 1.02. The fourth-order valence-corrected chi connectivity index (χ4v) is 3.03. The third-order valence-corrected chi connectivity index (χ3v) is 4.87. The van der Waals surface area contributed by atoms with Crippen LogP contribution in [0.15, 0.2) is 28.7 Å². The van der Waals surface area contributed by atoms with Gasteiger partial charge in [0, 0.05) is 16.1 Å². The molecule has 0 saturated heterocycles. The van der Waals surface area contributed by atoms with E-state index in [-0.39, 0.29) is 22.7 Å². The summed E-state index contributed by atoms with van der Waals surface area (Å²) in [6, 6.07) is 7.69. The van der Waals surface area contributed by atoms with E-state index in [0.717, 1.165) is 10.2 Å². The van der Waals surface area contributed by atoms with Gasteiger partial charge < -0.3 is 5.32 Å². The quantitative estimate of drug-likeness (QED) is 0.875. The van der Waals surface area contributed by atoms with Gasteiger partial charge in [0.25, 0.3) is 0 Å². The van der Waals surface area contributed by atoms with E-state index in [2.05, 4.69) is 48.9 Å². The highest BCUT2D eigenvalue weighted by Gasteiger charge is 2.68. The van der Waals surface area contributed by atoms with Gasteiger partial charge in [-0.25, -0.2) is 0 Å². The molecule has 1 aliphatic carbocycles. The number of carbonyl (C=O) groups excluding carboxylic acids is 1. The Morgan fingerprint density at radius 1 is 1.24 bits per heavy atom. The lowest BCUT2D eigenvalue weighted by atomic mass is 10.0. The monoisotopic (exact) mass is 295 g/mol. The predicted molar refractivity (Wildman–Crippen MR) is 73.8 cm³/mol. The molecule has 0 radical (unpaired) electrons. The van der Waals surface area contributed by atoms with Crippen LogP contribution in [0, 0.1) is 16.7 Å². The molecule has 1 amide bonds. The zero-order valence-electron chi connectivity index (χ0n) is 10.7. The number of nitrogens with one attached hydrogen (secondary N) is 1. The minimum Gasteiger partial charge on any atom is -0.326 e. The molecule has 17 heavy (non-hydrogen) atoms. The Hall–Kier alpha value is -0.830. The Balaban J connectivity index is 2.10. The maximum atomic E-state index is 12.2. The smallest absolute Gasteiger partial charge is 0.228 e. The Morgan fingerprint density at radius 2 is 1.82 bits per heavy atom. The van der Waals surface area contributed by atoms with Crippen LogP contribution in [-0.2, 0) is 4.79 Å². The van der Waals surface area contributed by atoms with Crippen LogP contribution in [0.3, 0.4) is 0 Å². The maximum Gasteiger partial charge on any atom is 0.228 e. The van der Waals surface area contributed by atoms with Crippen molar-refractivity contribution in [3.63, 3.8) is 0 Å². The molecule has 1 fully saturated rings. The van der Waals surface area contributed by atoms with Gasteiger partial charge in [-0.05, 0) is 29.0 Å². The molecule has 0 atom stereocenters. The molecule has 1 aromatic rings. The number of hydrogen-bond acceptors (Lipinski definition) is 1. The van der Waals surface area contributed by atoms with Crippen molar-refractivity contribution in [1.82, 2.24) is 0 Å².